The fourth-order valence-corrected chi connectivity index (χ4v) is 2.10. The van der Waals surface area contributed by atoms with Gasteiger partial charge >= 0.3 is 0 Å². The molecule has 0 bridgehead atoms. The fourth-order valence-electron chi connectivity index (χ4n) is 2.10. The molecule has 0 aliphatic carbocycles. The van der Waals surface area contributed by atoms with Gasteiger partial charge in [-0.2, -0.15) is 5.84 Å². The molecule has 0 saturated carbocycles. The van der Waals surface area contributed by atoms with E-state index in [0.29, 0.717) is 29.1 Å². The molecular formula is C13H30N3O+. The Morgan fingerprint density at radius 3 is 2.47 bits per heavy atom. The molecule has 0 aromatic carbocycles. The number of likely N-dealkylation sites (N-methyl/N-ethyl adjacent to an activating group) is 1. The summed E-state index contributed by atoms with van der Waals surface area (Å²) in [7, 11) is 2.00. The number of hydrogen-bond acceptors (Lipinski definition) is 3. The summed E-state index contributed by atoms with van der Waals surface area (Å²) in [5.41, 5.74) is 6.34. The number of hydrogen-bond donors (Lipinski definition) is 2. The first-order valence-electron chi connectivity index (χ1n) is 6.59. The molecule has 1 aliphatic rings. The lowest BCUT2D eigenvalue weighted by Gasteiger charge is -2.47. The molecule has 1 saturated heterocycles. The molecule has 0 aromatic heterocycles. The van der Waals surface area contributed by atoms with Gasteiger partial charge in [-0.05, 0) is 17.8 Å². The predicted octanol–water partition coefficient (Wildman–Crippen LogP) is 1.45. The van der Waals surface area contributed by atoms with Gasteiger partial charge in [-0.25, -0.2) is 4.59 Å². The van der Waals surface area contributed by atoms with E-state index in [2.05, 4.69) is 27.7 Å². The monoisotopic (exact) mass is 244 g/mol. The van der Waals surface area contributed by atoms with Crippen LogP contribution in [-0.4, -0.2) is 37.1 Å². The zero-order valence-corrected chi connectivity index (χ0v) is 12.1. The van der Waals surface area contributed by atoms with Gasteiger partial charge in [-0.1, -0.05) is 27.7 Å². The first kappa shape index (κ1) is 14.9. The van der Waals surface area contributed by atoms with E-state index in [1.54, 1.807) is 0 Å². The van der Waals surface area contributed by atoms with Gasteiger partial charge in [0.25, 0.3) is 0 Å². The van der Waals surface area contributed by atoms with Crippen LogP contribution in [0.3, 0.4) is 0 Å². The van der Waals surface area contributed by atoms with Crippen LogP contribution in [0.4, 0.5) is 0 Å². The maximum atomic E-state index is 6.45. The van der Waals surface area contributed by atoms with Crippen molar-refractivity contribution in [2.24, 2.45) is 22.9 Å². The second kappa shape index (κ2) is 4.84. The lowest BCUT2D eigenvalue weighted by molar-refractivity contribution is -0.979. The quantitative estimate of drug-likeness (QED) is 0.583. The van der Waals surface area contributed by atoms with Crippen molar-refractivity contribution in [2.45, 2.75) is 46.2 Å². The summed E-state index contributed by atoms with van der Waals surface area (Å²) < 4.78 is 5.90. The summed E-state index contributed by atoms with van der Waals surface area (Å²) in [5, 5.41) is 0. The van der Waals surface area contributed by atoms with Crippen molar-refractivity contribution in [3.63, 3.8) is 0 Å². The molecule has 3 unspecified atom stereocenters. The fraction of sp³-hybridized carbons (Fsp3) is 1.00. The minimum Gasteiger partial charge on any atom is -0.367 e. The van der Waals surface area contributed by atoms with Crippen molar-refractivity contribution < 1.29 is 9.33 Å². The van der Waals surface area contributed by atoms with Gasteiger partial charge in [-0.15, -0.1) is 0 Å². The summed E-state index contributed by atoms with van der Waals surface area (Å²) in [6.45, 7) is 11.2. The zero-order chi connectivity index (χ0) is 13.3. The predicted molar refractivity (Wildman–Crippen MR) is 70.8 cm³/mol. The Labute approximate surface area is 106 Å². The third-order valence-electron chi connectivity index (χ3n) is 4.56. The zero-order valence-electron chi connectivity index (χ0n) is 12.1. The van der Waals surface area contributed by atoms with Crippen LogP contribution in [0, 0.1) is 11.3 Å². The molecule has 1 aliphatic heterocycles. The third-order valence-corrected chi connectivity index (χ3v) is 4.56. The SMILES string of the molecule is CC(CCC1(N)COCC[N+]1(C)N)C(C)(C)C. The molecule has 1 rings (SSSR count). The maximum Gasteiger partial charge on any atom is 0.191 e. The van der Waals surface area contributed by atoms with E-state index in [9.17, 15) is 0 Å². The molecule has 102 valence electrons. The highest BCUT2D eigenvalue weighted by molar-refractivity contribution is 4.79. The van der Waals surface area contributed by atoms with E-state index in [-0.39, 0.29) is 0 Å². The largest absolute Gasteiger partial charge is 0.367 e. The highest BCUT2D eigenvalue weighted by atomic mass is 16.5. The molecule has 0 spiro atoms. The van der Waals surface area contributed by atoms with Crippen molar-refractivity contribution in [3.05, 3.63) is 0 Å². The van der Waals surface area contributed by atoms with E-state index in [0.717, 1.165) is 19.4 Å². The molecular weight excluding hydrogens is 214 g/mol. The van der Waals surface area contributed by atoms with Crippen LogP contribution in [0.1, 0.15) is 40.5 Å². The molecule has 0 aromatic rings. The van der Waals surface area contributed by atoms with Crippen LogP contribution in [0.5, 0.6) is 0 Å². The second-order valence-electron chi connectivity index (χ2n) is 6.95. The van der Waals surface area contributed by atoms with Gasteiger partial charge in [-0.3, -0.25) is 5.73 Å². The molecule has 1 fully saturated rings. The number of nitrogens with two attached hydrogens (primary N) is 2. The van der Waals surface area contributed by atoms with Crippen LogP contribution in [0.15, 0.2) is 0 Å². The van der Waals surface area contributed by atoms with Crippen molar-refractivity contribution in [1.82, 2.24) is 0 Å². The summed E-state index contributed by atoms with van der Waals surface area (Å²) in [5.74, 6) is 6.91. The van der Waals surface area contributed by atoms with Crippen molar-refractivity contribution in [1.29, 1.82) is 0 Å². The van der Waals surface area contributed by atoms with Gasteiger partial charge in [0, 0.05) is 6.42 Å². The van der Waals surface area contributed by atoms with Crippen molar-refractivity contribution in [3.8, 4) is 0 Å². The van der Waals surface area contributed by atoms with E-state index in [4.69, 9.17) is 16.3 Å². The van der Waals surface area contributed by atoms with Crippen LogP contribution in [-0.2, 0) is 4.74 Å². The molecule has 4 N–H and O–H groups in total. The number of quaternary nitrogens is 1. The van der Waals surface area contributed by atoms with Gasteiger partial charge in [0.1, 0.15) is 13.2 Å². The molecule has 4 heteroatoms. The second-order valence-corrected chi connectivity index (χ2v) is 6.95. The third kappa shape index (κ3) is 3.41. The first-order valence-corrected chi connectivity index (χ1v) is 6.59. The van der Waals surface area contributed by atoms with Crippen LogP contribution in [0.2, 0.25) is 0 Å². The van der Waals surface area contributed by atoms with E-state index >= 15 is 0 Å². The summed E-state index contributed by atoms with van der Waals surface area (Å²) >= 11 is 0. The standard InChI is InChI=1S/C13H30N3O/c1-11(12(2,3)4)6-7-13(14)10-17-9-8-16(13,5)15/h11H,6-10,14-15H2,1-5H3/q+1. The molecule has 4 nitrogen and oxygen atoms in total. The summed E-state index contributed by atoms with van der Waals surface area (Å²) in [6, 6.07) is 0. The smallest absolute Gasteiger partial charge is 0.191 e. The minimum atomic E-state index is -0.433. The Morgan fingerprint density at radius 2 is 2.00 bits per heavy atom. The lowest BCUT2D eigenvalue weighted by atomic mass is 9.78. The number of ether oxygens (including phenoxy) is 1. The highest BCUT2D eigenvalue weighted by Crippen LogP contribution is 2.32. The normalized spacial score (nSPS) is 36.9. The Bertz CT molecular complexity index is 260. The Morgan fingerprint density at radius 1 is 1.41 bits per heavy atom. The molecule has 17 heavy (non-hydrogen) atoms. The van der Waals surface area contributed by atoms with E-state index in [1.165, 1.54) is 0 Å². The Balaban J connectivity index is 2.60. The maximum absolute atomic E-state index is 6.45. The molecule has 0 amide bonds. The van der Waals surface area contributed by atoms with Crippen LogP contribution < -0.4 is 11.6 Å². The van der Waals surface area contributed by atoms with E-state index < -0.39 is 5.66 Å². The molecule has 1 heterocycles. The average Bonchev–Trinajstić information content (AvgIpc) is 2.18. The number of nitrogens with zero attached hydrogens (tertiary/aromatic N) is 1. The van der Waals surface area contributed by atoms with Gasteiger partial charge < -0.3 is 4.74 Å². The lowest BCUT2D eigenvalue weighted by Crippen LogP contribution is -2.76. The highest BCUT2D eigenvalue weighted by Gasteiger charge is 2.46. The molecule has 3 atom stereocenters. The van der Waals surface area contributed by atoms with Crippen molar-refractivity contribution in [2.75, 3.05) is 26.8 Å². The first-order chi connectivity index (χ1) is 7.58. The van der Waals surface area contributed by atoms with Crippen molar-refractivity contribution >= 4 is 0 Å². The Hall–Kier alpha value is -0.160. The van der Waals surface area contributed by atoms with Gasteiger partial charge in [0.2, 0.25) is 0 Å². The topological polar surface area (TPSA) is 61.3 Å². The molecule has 0 radical (unpaired) electrons. The van der Waals surface area contributed by atoms with Crippen LogP contribution >= 0.6 is 0 Å². The van der Waals surface area contributed by atoms with Gasteiger partial charge in [0.05, 0.1) is 13.7 Å². The number of rotatable bonds is 3. The van der Waals surface area contributed by atoms with Gasteiger partial charge in [0.15, 0.2) is 5.66 Å². The average molecular weight is 244 g/mol. The summed E-state index contributed by atoms with van der Waals surface area (Å²) in [4.78, 5) is 0. The van der Waals surface area contributed by atoms with E-state index in [1.807, 2.05) is 7.05 Å². The Kier molecular flexibility index (Phi) is 4.24. The minimum absolute atomic E-state index is 0.323. The summed E-state index contributed by atoms with van der Waals surface area (Å²) in [6.07, 6.45) is 2.01. The van der Waals surface area contributed by atoms with Crippen LogP contribution in [0.25, 0.3) is 0 Å². The number of morpholine rings is 1.